The van der Waals surface area contributed by atoms with Gasteiger partial charge in [0.25, 0.3) is 0 Å². The summed E-state index contributed by atoms with van der Waals surface area (Å²) in [6.45, 7) is 5.89. The lowest BCUT2D eigenvalue weighted by atomic mass is 10.1. The van der Waals surface area contributed by atoms with Crippen LogP contribution in [0.5, 0.6) is 0 Å². The van der Waals surface area contributed by atoms with Crippen LogP contribution >= 0.6 is 0 Å². The number of hydrogen-bond acceptors (Lipinski definition) is 6. The number of fused-ring (bicyclic) bond motifs is 1. The van der Waals surface area contributed by atoms with Gasteiger partial charge in [-0.15, -0.1) is 0 Å². The number of alkyl carbamates (subject to hydrolysis) is 1. The second kappa shape index (κ2) is 8.33. The molecule has 2 heterocycles. The zero-order valence-corrected chi connectivity index (χ0v) is 19.1. The van der Waals surface area contributed by atoms with E-state index < -0.39 is 41.1 Å². The zero-order valence-electron chi connectivity index (χ0n) is 19.1. The first-order chi connectivity index (χ1) is 15.5. The van der Waals surface area contributed by atoms with Crippen molar-refractivity contribution in [3.63, 3.8) is 0 Å². The van der Waals surface area contributed by atoms with E-state index in [0.29, 0.717) is 12.1 Å². The number of aromatic carboxylic acids is 1. The number of carbonyl (C=O) groups excluding carboxylic acids is 1. The van der Waals surface area contributed by atoms with E-state index in [0.717, 1.165) is 18.9 Å². The van der Waals surface area contributed by atoms with Crippen LogP contribution < -0.4 is 15.6 Å². The van der Waals surface area contributed by atoms with Crippen LogP contribution in [0.1, 0.15) is 50.0 Å². The zero-order chi connectivity index (χ0) is 24.1. The van der Waals surface area contributed by atoms with Crippen LogP contribution in [0.2, 0.25) is 0 Å². The highest BCUT2D eigenvalue weighted by Gasteiger charge is 2.37. The number of carboxylic acids is 1. The maximum Gasteiger partial charge on any atom is 0.408 e. The number of ether oxygens (including phenoxy) is 2. The molecule has 1 amide bonds. The molecule has 33 heavy (non-hydrogen) atoms. The van der Waals surface area contributed by atoms with Crippen molar-refractivity contribution >= 4 is 28.7 Å². The average molecular weight is 461 g/mol. The number of nitrogens with zero attached hydrogens (tertiary/aromatic N) is 2. The van der Waals surface area contributed by atoms with E-state index in [1.165, 1.54) is 13.3 Å². The molecule has 1 aromatic heterocycles. The number of benzene rings is 1. The molecular weight excluding hydrogens is 433 g/mol. The Morgan fingerprint density at radius 1 is 1.21 bits per heavy atom. The molecule has 2 aromatic rings. The Hall–Kier alpha value is -3.14. The number of carbonyl (C=O) groups is 2. The normalized spacial score (nSPS) is 20.8. The first-order valence-corrected chi connectivity index (χ1v) is 10.9. The van der Waals surface area contributed by atoms with Crippen LogP contribution in [0.25, 0.3) is 10.9 Å². The summed E-state index contributed by atoms with van der Waals surface area (Å²) in [5.41, 5.74) is -0.989. The molecule has 1 saturated heterocycles. The highest BCUT2D eigenvalue weighted by atomic mass is 19.1. The summed E-state index contributed by atoms with van der Waals surface area (Å²) in [5.74, 6) is -1.98. The van der Waals surface area contributed by atoms with E-state index in [1.54, 1.807) is 36.3 Å². The molecule has 4 rings (SSSR count). The number of pyridine rings is 1. The van der Waals surface area contributed by atoms with Crippen LogP contribution in [-0.4, -0.2) is 59.7 Å². The van der Waals surface area contributed by atoms with E-state index in [4.69, 9.17) is 9.47 Å². The third-order valence-electron chi connectivity index (χ3n) is 5.88. The molecule has 2 N–H and O–H groups in total. The third-order valence-corrected chi connectivity index (χ3v) is 5.88. The Balaban J connectivity index is 1.68. The molecule has 1 aromatic carbocycles. The number of carboxylic acid groups (broad SMARTS) is 1. The summed E-state index contributed by atoms with van der Waals surface area (Å²) >= 11 is 0. The van der Waals surface area contributed by atoms with Crippen LogP contribution in [-0.2, 0) is 9.47 Å². The maximum absolute atomic E-state index is 15.2. The van der Waals surface area contributed by atoms with Gasteiger partial charge in [0.15, 0.2) is 0 Å². The third kappa shape index (κ3) is 4.66. The highest BCUT2D eigenvalue weighted by Crippen LogP contribution is 2.38. The van der Waals surface area contributed by atoms with E-state index in [2.05, 4.69) is 5.32 Å². The van der Waals surface area contributed by atoms with Crippen molar-refractivity contribution in [2.75, 3.05) is 25.1 Å². The van der Waals surface area contributed by atoms with Gasteiger partial charge in [-0.05, 0) is 45.7 Å². The van der Waals surface area contributed by atoms with Crippen molar-refractivity contribution in [3.8, 4) is 0 Å². The molecule has 1 saturated carbocycles. The largest absolute Gasteiger partial charge is 0.477 e. The maximum atomic E-state index is 15.2. The van der Waals surface area contributed by atoms with Gasteiger partial charge in [-0.25, -0.2) is 14.0 Å². The first kappa shape index (κ1) is 23.0. The summed E-state index contributed by atoms with van der Waals surface area (Å²) in [6.07, 6.45) is 2.09. The Morgan fingerprint density at radius 2 is 1.91 bits per heavy atom. The molecule has 178 valence electrons. The monoisotopic (exact) mass is 461 g/mol. The number of hydrogen-bond donors (Lipinski definition) is 2. The van der Waals surface area contributed by atoms with Crippen molar-refractivity contribution in [2.45, 2.75) is 57.4 Å². The Kier molecular flexibility index (Phi) is 5.81. The van der Waals surface area contributed by atoms with Gasteiger partial charge in [0.05, 0.1) is 23.3 Å². The fraction of sp³-hybridized carbons (Fsp3) is 0.522. The Morgan fingerprint density at radius 3 is 2.48 bits per heavy atom. The molecule has 0 bridgehead atoms. The molecule has 2 aliphatic rings. The molecule has 2 atom stereocenters. The molecule has 2 fully saturated rings. The molecular formula is C23H28FN3O6. The van der Waals surface area contributed by atoms with Crippen molar-refractivity contribution in [1.82, 2.24) is 9.88 Å². The summed E-state index contributed by atoms with van der Waals surface area (Å²) in [7, 11) is 1.52. The fourth-order valence-corrected chi connectivity index (χ4v) is 4.22. The van der Waals surface area contributed by atoms with E-state index >= 15 is 4.39 Å². The molecule has 9 nitrogen and oxygen atoms in total. The Bertz CT molecular complexity index is 1170. The Labute approximate surface area is 190 Å². The van der Waals surface area contributed by atoms with Crippen molar-refractivity contribution in [2.24, 2.45) is 0 Å². The number of methoxy groups -OCH3 is 1. The molecule has 1 aliphatic heterocycles. The van der Waals surface area contributed by atoms with Gasteiger partial charge in [-0.2, -0.15) is 0 Å². The summed E-state index contributed by atoms with van der Waals surface area (Å²) in [6, 6.07) is 2.34. The quantitative estimate of drug-likeness (QED) is 0.705. The minimum Gasteiger partial charge on any atom is -0.477 e. The van der Waals surface area contributed by atoms with Gasteiger partial charge in [-0.1, -0.05) is 0 Å². The minimum atomic E-state index is -1.33. The topological polar surface area (TPSA) is 110 Å². The second-order valence-electron chi connectivity index (χ2n) is 9.57. The molecule has 0 unspecified atom stereocenters. The molecule has 10 heteroatoms. The number of nitrogens with one attached hydrogen (secondary N) is 1. The SMILES string of the molecule is CO[C@H]1CN(c2cc3c(cc2F)c(=O)c(C(=O)O)cn3C2CC2)C[C@H]1NC(=O)OC(C)(C)C. The predicted molar refractivity (Wildman–Crippen MR) is 120 cm³/mol. The van der Waals surface area contributed by atoms with Gasteiger partial charge in [-0.3, -0.25) is 4.79 Å². The summed E-state index contributed by atoms with van der Waals surface area (Å²) < 4.78 is 27.8. The second-order valence-corrected chi connectivity index (χ2v) is 9.57. The number of halogens is 1. The summed E-state index contributed by atoms with van der Waals surface area (Å²) in [4.78, 5) is 38.2. The van der Waals surface area contributed by atoms with Crippen LogP contribution in [0.4, 0.5) is 14.9 Å². The summed E-state index contributed by atoms with van der Waals surface area (Å²) in [5, 5.41) is 12.2. The van der Waals surface area contributed by atoms with Crippen molar-refractivity contribution in [3.05, 3.63) is 39.9 Å². The number of aromatic nitrogens is 1. The highest BCUT2D eigenvalue weighted by molar-refractivity contribution is 5.93. The molecule has 0 radical (unpaired) electrons. The average Bonchev–Trinajstić information content (AvgIpc) is 3.47. The smallest absolute Gasteiger partial charge is 0.408 e. The first-order valence-electron chi connectivity index (χ1n) is 10.9. The van der Waals surface area contributed by atoms with Crippen LogP contribution in [0.3, 0.4) is 0 Å². The lowest BCUT2D eigenvalue weighted by Gasteiger charge is -2.23. The van der Waals surface area contributed by atoms with Crippen molar-refractivity contribution < 1.29 is 28.6 Å². The van der Waals surface area contributed by atoms with Gasteiger partial charge in [0.2, 0.25) is 5.43 Å². The van der Waals surface area contributed by atoms with Gasteiger partial charge >= 0.3 is 12.1 Å². The van der Waals surface area contributed by atoms with Crippen molar-refractivity contribution in [1.29, 1.82) is 0 Å². The lowest BCUT2D eigenvalue weighted by molar-refractivity contribution is 0.0417. The number of amides is 1. The van der Waals surface area contributed by atoms with Crippen LogP contribution in [0.15, 0.2) is 23.1 Å². The molecule has 1 aliphatic carbocycles. The standard InChI is InChI=1S/C23H28FN3O6/c1-23(2,3)33-22(31)25-16-10-26(11-19(16)32-4)18-8-17-13(7-15(18)24)20(28)14(21(29)30)9-27(17)12-5-6-12/h7-9,12,16,19H,5-6,10-11H2,1-4H3,(H,25,31)(H,29,30)/t16-,19+/m1/s1. The van der Waals surface area contributed by atoms with E-state index in [-0.39, 0.29) is 29.2 Å². The van der Waals surface area contributed by atoms with Crippen LogP contribution in [0, 0.1) is 5.82 Å². The van der Waals surface area contributed by atoms with E-state index in [1.807, 2.05) is 0 Å². The minimum absolute atomic E-state index is 0.0361. The van der Waals surface area contributed by atoms with Gasteiger partial charge < -0.3 is 29.4 Å². The number of rotatable bonds is 5. The lowest BCUT2D eigenvalue weighted by Crippen LogP contribution is -2.45. The number of anilines is 1. The molecule has 0 spiro atoms. The fourth-order valence-electron chi connectivity index (χ4n) is 4.22. The van der Waals surface area contributed by atoms with Gasteiger partial charge in [0.1, 0.15) is 17.0 Å². The van der Waals surface area contributed by atoms with Gasteiger partial charge in [0, 0.05) is 37.8 Å². The van der Waals surface area contributed by atoms with E-state index in [9.17, 15) is 19.5 Å². The predicted octanol–water partition coefficient (Wildman–Crippen LogP) is 2.90.